The topological polar surface area (TPSA) is 51.2 Å². The summed E-state index contributed by atoms with van der Waals surface area (Å²) in [6.45, 7) is 3.28. The fourth-order valence-electron chi connectivity index (χ4n) is 3.60. The van der Waals surface area contributed by atoms with E-state index in [1.165, 1.54) is 44.1 Å². The normalized spacial score (nSPS) is 14.9. The lowest BCUT2D eigenvalue weighted by Gasteiger charge is -2.21. The first-order valence-electron chi connectivity index (χ1n) is 10.1. The van der Waals surface area contributed by atoms with Crippen molar-refractivity contribution in [3.63, 3.8) is 0 Å². The number of rotatable bonds is 9. The highest BCUT2D eigenvalue weighted by atomic mass is 32.1. The number of ether oxygens (including phenoxy) is 1. The molecule has 0 spiro atoms. The Balaban J connectivity index is 1.33. The molecular formula is C22H30N2O2S. The maximum Gasteiger partial charge on any atom is 0.226 e. The van der Waals surface area contributed by atoms with Gasteiger partial charge in [-0.25, -0.2) is 4.98 Å². The standard InChI is InChI=1S/C22H30N2O2S/c1-17-9-11-20(12-10-17)26-15-22-24-19(16-27-22)14-21(25)23-13-5-8-18-6-3-2-4-7-18/h9-12,16,18H,2-8,13-15H2,1H3,(H,23,25). The second-order valence-corrected chi connectivity index (χ2v) is 8.45. The summed E-state index contributed by atoms with van der Waals surface area (Å²) >= 11 is 1.54. The summed E-state index contributed by atoms with van der Waals surface area (Å²) in [7, 11) is 0. The van der Waals surface area contributed by atoms with Crippen molar-refractivity contribution >= 4 is 17.2 Å². The molecule has 1 heterocycles. The Bertz CT molecular complexity index is 705. The van der Waals surface area contributed by atoms with Crippen molar-refractivity contribution in [2.45, 2.75) is 64.9 Å². The summed E-state index contributed by atoms with van der Waals surface area (Å²) in [5.74, 6) is 1.79. The van der Waals surface area contributed by atoms with Gasteiger partial charge in [0.2, 0.25) is 5.91 Å². The smallest absolute Gasteiger partial charge is 0.226 e. The molecule has 1 aromatic carbocycles. The van der Waals surface area contributed by atoms with Gasteiger partial charge in [-0.1, -0.05) is 49.8 Å². The van der Waals surface area contributed by atoms with Crippen LogP contribution >= 0.6 is 11.3 Å². The Kier molecular flexibility index (Phi) is 7.69. The average Bonchev–Trinajstić information content (AvgIpc) is 3.13. The fourth-order valence-corrected chi connectivity index (χ4v) is 4.30. The van der Waals surface area contributed by atoms with E-state index in [0.717, 1.165) is 35.3 Å². The second kappa shape index (κ2) is 10.5. The fraction of sp³-hybridized carbons (Fsp3) is 0.545. The first-order chi connectivity index (χ1) is 13.2. The van der Waals surface area contributed by atoms with Crippen LogP contribution in [-0.4, -0.2) is 17.4 Å². The quantitative estimate of drug-likeness (QED) is 0.614. The minimum absolute atomic E-state index is 0.0648. The molecule has 0 bridgehead atoms. The van der Waals surface area contributed by atoms with Crippen LogP contribution < -0.4 is 10.1 Å². The molecule has 3 rings (SSSR count). The van der Waals surface area contributed by atoms with Gasteiger partial charge >= 0.3 is 0 Å². The zero-order valence-corrected chi connectivity index (χ0v) is 17.0. The monoisotopic (exact) mass is 386 g/mol. The predicted octanol–water partition coefficient (Wildman–Crippen LogP) is 5.05. The maximum atomic E-state index is 12.1. The molecule has 1 N–H and O–H groups in total. The Morgan fingerprint density at radius 3 is 2.78 bits per heavy atom. The van der Waals surface area contributed by atoms with Crippen molar-refractivity contribution in [3.8, 4) is 5.75 Å². The molecule has 0 atom stereocenters. The van der Waals surface area contributed by atoms with E-state index in [9.17, 15) is 4.79 Å². The van der Waals surface area contributed by atoms with Crippen molar-refractivity contribution in [1.82, 2.24) is 10.3 Å². The number of hydrogen-bond acceptors (Lipinski definition) is 4. The van der Waals surface area contributed by atoms with Crippen LogP contribution in [0.4, 0.5) is 0 Å². The third-order valence-corrected chi connectivity index (χ3v) is 6.03. The van der Waals surface area contributed by atoms with Crippen molar-refractivity contribution in [3.05, 3.63) is 45.9 Å². The third kappa shape index (κ3) is 6.98. The lowest BCUT2D eigenvalue weighted by atomic mass is 9.86. The van der Waals surface area contributed by atoms with Crippen molar-refractivity contribution in [1.29, 1.82) is 0 Å². The number of aryl methyl sites for hydroxylation is 1. The van der Waals surface area contributed by atoms with Crippen LogP contribution in [-0.2, 0) is 17.8 Å². The summed E-state index contributed by atoms with van der Waals surface area (Å²) in [6.07, 6.45) is 9.61. The molecule has 4 nitrogen and oxygen atoms in total. The number of nitrogens with zero attached hydrogens (tertiary/aromatic N) is 1. The Labute approximate surface area is 166 Å². The van der Waals surface area contributed by atoms with E-state index >= 15 is 0 Å². The first kappa shape index (κ1) is 19.9. The van der Waals surface area contributed by atoms with E-state index in [1.807, 2.05) is 29.6 Å². The SMILES string of the molecule is Cc1ccc(OCc2nc(CC(=O)NCCCC3CCCCC3)cs2)cc1. The van der Waals surface area contributed by atoms with Crippen LogP contribution in [0.1, 0.15) is 61.2 Å². The van der Waals surface area contributed by atoms with E-state index in [2.05, 4.69) is 17.2 Å². The molecule has 0 aliphatic heterocycles. The number of thiazole rings is 1. The number of amides is 1. The summed E-state index contributed by atoms with van der Waals surface area (Å²) in [6, 6.07) is 7.98. The predicted molar refractivity (Wildman–Crippen MR) is 110 cm³/mol. The number of hydrogen-bond donors (Lipinski definition) is 1. The highest BCUT2D eigenvalue weighted by Crippen LogP contribution is 2.27. The molecule has 146 valence electrons. The molecule has 1 saturated carbocycles. The third-order valence-electron chi connectivity index (χ3n) is 5.16. The molecule has 5 heteroatoms. The molecule has 1 aliphatic rings. The van der Waals surface area contributed by atoms with Gasteiger partial charge in [0, 0.05) is 11.9 Å². The molecule has 0 saturated heterocycles. The van der Waals surface area contributed by atoms with Crippen LogP contribution in [0.15, 0.2) is 29.6 Å². The average molecular weight is 387 g/mol. The summed E-state index contributed by atoms with van der Waals surface area (Å²) in [4.78, 5) is 16.6. The van der Waals surface area contributed by atoms with Gasteiger partial charge in [-0.3, -0.25) is 4.79 Å². The molecule has 0 radical (unpaired) electrons. The van der Waals surface area contributed by atoms with E-state index in [1.54, 1.807) is 11.3 Å². The molecule has 27 heavy (non-hydrogen) atoms. The zero-order chi connectivity index (χ0) is 18.9. The molecule has 1 amide bonds. The summed E-state index contributed by atoms with van der Waals surface area (Å²) in [5.41, 5.74) is 2.04. The number of aromatic nitrogens is 1. The zero-order valence-electron chi connectivity index (χ0n) is 16.2. The number of carbonyl (C=O) groups excluding carboxylic acids is 1. The van der Waals surface area contributed by atoms with Crippen LogP contribution in [0.5, 0.6) is 5.75 Å². The molecule has 1 fully saturated rings. The molecular weight excluding hydrogens is 356 g/mol. The lowest BCUT2D eigenvalue weighted by molar-refractivity contribution is -0.120. The highest BCUT2D eigenvalue weighted by molar-refractivity contribution is 7.09. The minimum atomic E-state index is 0.0648. The molecule has 0 unspecified atom stereocenters. The first-order valence-corrected chi connectivity index (χ1v) is 11.0. The van der Waals surface area contributed by atoms with Gasteiger partial charge in [-0.2, -0.15) is 0 Å². The minimum Gasteiger partial charge on any atom is -0.486 e. The van der Waals surface area contributed by atoms with Crippen molar-refractivity contribution < 1.29 is 9.53 Å². The van der Waals surface area contributed by atoms with Gasteiger partial charge < -0.3 is 10.1 Å². The van der Waals surface area contributed by atoms with E-state index < -0.39 is 0 Å². The van der Waals surface area contributed by atoms with Gasteiger partial charge in [0.1, 0.15) is 17.4 Å². The molecule has 2 aromatic rings. The van der Waals surface area contributed by atoms with Gasteiger partial charge in [0.25, 0.3) is 0 Å². The summed E-state index contributed by atoms with van der Waals surface area (Å²) in [5, 5.41) is 5.89. The molecule has 1 aliphatic carbocycles. The Hall–Kier alpha value is -1.88. The van der Waals surface area contributed by atoms with Gasteiger partial charge in [0.15, 0.2) is 0 Å². The largest absolute Gasteiger partial charge is 0.486 e. The number of carbonyl (C=O) groups is 1. The Morgan fingerprint density at radius 1 is 1.22 bits per heavy atom. The van der Waals surface area contributed by atoms with Crippen LogP contribution in [0.3, 0.4) is 0 Å². The van der Waals surface area contributed by atoms with Crippen LogP contribution in [0.25, 0.3) is 0 Å². The summed E-state index contributed by atoms with van der Waals surface area (Å²) < 4.78 is 5.75. The number of nitrogens with one attached hydrogen (secondary N) is 1. The lowest BCUT2D eigenvalue weighted by Crippen LogP contribution is -2.26. The van der Waals surface area contributed by atoms with E-state index in [-0.39, 0.29) is 5.91 Å². The van der Waals surface area contributed by atoms with Gasteiger partial charge in [0.05, 0.1) is 12.1 Å². The van der Waals surface area contributed by atoms with Crippen LogP contribution in [0.2, 0.25) is 0 Å². The van der Waals surface area contributed by atoms with Crippen molar-refractivity contribution in [2.24, 2.45) is 5.92 Å². The second-order valence-electron chi connectivity index (χ2n) is 7.51. The van der Waals surface area contributed by atoms with E-state index in [4.69, 9.17) is 4.74 Å². The van der Waals surface area contributed by atoms with E-state index in [0.29, 0.717) is 13.0 Å². The Morgan fingerprint density at radius 2 is 2.00 bits per heavy atom. The van der Waals surface area contributed by atoms with Gasteiger partial charge in [-0.15, -0.1) is 11.3 Å². The highest BCUT2D eigenvalue weighted by Gasteiger charge is 2.13. The maximum absolute atomic E-state index is 12.1. The molecule has 1 aromatic heterocycles. The van der Waals surface area contributed by atoms with Crippen molar-refractivity contribution in [2.75, 3.05) is 6.54 Å². The van der Waals surface area contributed by atoms with Gasteiger partial charge in [-0.05, 0) is 37.8 Å². The van der Waals surface area contributed by atoms with Crippen LogP contribution in [0, 0.1) is 12.8 Å². The number of benzene rings is 1.